The van der Waals surface area contributed by atoms with E-state index in [-0.39, 0.29) is 19.1 Å². The molecule has 0 spiro atoms. The second kappa shape index (κ2) is 6.89. The Balaban J connectivity index is 1.32. The van der Waals surface area contributed by atoms with Gasteiger partial charge in [-0.25, -0.2) is 0 Å². The first kappa shape index (κ1) is 17.2. The number of ether oxygens (including phenoxy) is 2. The molecule has 0 aliphatic carbocycles. The second-order valence-electron chi connectivity index (χ2n) is 6.46. The number of pyridine rings is 1. The van der Waals surface area contributed by atoms with Crippen LogP contribution in [-0.2, 0) is 11.3 Å². The zero-order valence-corrected chi connectivity index (χ0v) is 15.4. The molecule has 3 aromatic heterocycles. The van der Waals surface area contributed by atoms with Gasteiger partial charge in [0.1, 0.15) is 6.61 Å². The third-order valence-corrected chi connectivity index (χ3v) is 4.49. The molecule has 1 aromatic carbocycles. The van der Waals surface area contributed by atoms with Crippen molar-refractivity contribution in [3.8, 4) is 23.0 Å². The molecular formula is C19H16N6O4. The number of rotatable bonds is 4. The fourth-order valence-corrected chi connectivity index (χ4v) is 3.09. The number of nitrogens with zero attached hydrogens (tertiary/aromatic N) is 5. The summed E-state index contributed by atoms with van der Waals surface area (Å²) in [5.41, 5.74) is 1.23. The van der Waals surface area contributed by atoms with Gasteiger partial charge in [0.2, 0.25) is 6.10 Å². The topological polar surface area (TPSA) is 117 Å². The van der Waals surface area contributed by atoms with Crippen LogP contribution in [0.25, 0.3) is 17.1 Å². The molecule has 4 heterocycles. The summed E-state index contributed by atoms with van der Waals surface area (Å²) in [5, 5.41) is 15.0. The van der Waals surface area contributed by atoms with Gasteiger partial charge in [-0.3, -0.25) is 9.20 Å². The summed E-state index contributed by atoms with van der Waals surface area (Å²) in [6, 6.07) is 10.9. The minimum Gasteiger partial charge on any atom is -0.485 e. The van der Waals surface area contributed by atoms with E-state index in [0.717, 1.165) is 0 Å². The number of carbonyl (C=O) groups excluding carboxylic acids is 1. The van der Waals surface area contributed by atoms with Gasteiger partial charge in [-0.05, 0) is 31.2 Å². The van der Waals surface area contributed by atoms with Gasteiger partial charge in [-0.1, -0.05) is 17.3 Å². The van der Waals surface area contributed by atoms with Crippen molar-refractivity contribution in [2.24, 2.45) is 0 Å². The normalized spacial score (nSPS) is 15.4. The minimum atomic E-state index is -0.735. The Kier molecular flexibility index (Phi) is 4.08. The van der Waals surface area contributed by atoms with Crippen molar-refractivity contribution in [3.05, 3.63) is 54.2 Å². The third kappa shape index (κ3) is 3.14. The Hall–Kier alpha value is -3.95. The highest BCUT2D eigenvalue weighted by Crippen LogP contribution is 2.30. The maximum atomic E-state index is 12.5. The Labute approximate surface area is 164 Å². The first-order valence-corrected chi connectivity index (χ1v) is 8.98. The lowest BCUT2D eigenvalue weighted by atomic mass is 10.2. The van der Waals surface area contributed by atoms with Crippen LogP contribution in [0.1, 0.15) is 11.6 Å². The SMILES string of the molecule is Cc1noc(-c2cccn3c(CNC(=O)[C@@H]4COc5ccccc5O4)nnc23)n1. The monoisotopic (exact) mass is 392 g/mol. The first-order chi connectivity index (χ1) is 14.2. The molecule has 0 saturated heterocycles. The van der Waals surface area contributed by atoms with Crippen molar-refractivity contribution < 1.29 is 18.8 Å². The van der Waals surface area contributed by atoms with Crippen LogP contribution in [0, 0.1) is 6.92 Å². The van der Waals surface area contributed by atoms with E-state index >= 15 is 0 Å². The number of para-hydroxylation sites is 2. The van der Waals surface area contributed by atoms with Gasteiger partial charge in [-0.15, -0.1) is 10.2 Å². The fourth-order valence-electron chi connectivity index (χ4n) is 3.09. The van der Waals surface area contributed by atoms with Crippen LogP contribution in [0.5, 0.6) is 11.5 Å². The van der Waals surface area contributed by atoms with Crippen molar-refractivity contribution in [1.82, 2.24) is 30.1 Å². The van der Waals surface area contributed by atoms with Crippen LogP contribution in [-0.4, -0.2) is 43.4 Å². The van der Waals surface area contributed by atoms with E-state index < -0.39 is 6.10 Å². The Morgan fingerprint density at radius 2 is 2.07 bits per heavy atom. The molecule has 1 N–H and O–H groups in total. The number of aryl methyl sites for hydroxylation is 1. The smallest absolute Gasteiger partial charge is 0.265 e. The molecule has 10 heteroatoms. The maximum absolute atomic E-state index is 12.5. The largest absolute Gasteiger partial charge is 0.485 e. The molecule has 29 heavy (non-hydrogen) atoms. The zero-order valence-electron chi connectivity index (χ0n) is 15.4. The van der Waals surface area contributed by atoms with Crippen LogP contribution < -0.4 is 14.8 Å². The molecule has 1 atom stereocenters. The Bertz CT molecular complexity index is 1200. The van der Waals surface area contributed by atoms with E-state index in [1.54, 1.807) is 29.7 Å². The summed E-state index contributed by atoms with van der Waals surface area (Å²) in [7, 11) is 0. The van der Waals surface area contributed by atoms with E-state index in [9.17, 15) is 4.79 Å². The molecule has 0 saturated carbocycles. The van der Waals surface area contributed by atoms with Crippen molar-refractivity contribution in [2.45, 2.75) is 19.6 Å². The van der Waals surface area contributed by atoms with E-state index in [1.807, 2.05) is 24.3 Å². The van der Waals surface area contributed by atoms with E-state index in [4.69, 9.17) is 14.0 Å². The average molecular weight is 392 g/mol. The number of carbonyl (C=O) groups is 1. The van der Waals surface area contributed by atoms with Gasteiger partial charge in [0.25, 0.3) is 11.8 Å². The number of fused-ring (bicyclic) bond motifs is 2. The van der Waals surface area contributed by atoms with Gasteiger partial charge >= 0.3 is 0 Å². The molecule has 1 amide bonds. The summed E-state index contributed by atoms with van der Waals surface area (Å²) in [6.45, 7) is 2.06. The van der Waals surface area contributed by atoms with Crippen molar-refractivity contribution in [2.75, 3.05) is 6.61 Å². The molecule has 10 nitrogen and oxygen atoms in total. The first-order valence-electron chi connectivity index (χ1n) is 8.98. The number of hydrogen-bond donors (Lipinski definition) is 1. The predicted octanol–water partition coefficient (Wildman–Crippen LogP) is 1.54. The molecule has 1 aliphatic heterocycles. The van der Waals surface area contributed by atoms with Gasteiger partial charge in [0.05, 0.1) is 12.1 Å². The number of benzene rings is 1. The molecular weight excluding hydrogens is 376 g/mol. The molecule has 0 fully saturated rings. The van der Waals surface area contributed by atoms with Crippen molar-refractivity contribution in [3.63, 3.8) is 0 Å². The number of aromatic nitrogens is 5. The quantitative estimate of drug-likeness (QED) is 0.556. The maximum Gasteiger partial charge on any atom is 0.265 e. The van der Waals surface area contributed by atoms with Crippen LogP contribution in [0.2, 0.25) is 0 Å². The van der Waals surface area contributed by atoms with Gasteiger partial charge < -0.3 is 19.3 Å². The van der Waals surface area contributed by atoms with Crippen LogP contribution >= 0.6 is 0 Å². The minimum absolute atomic E-state index is 0.143. The molecule has 0 bridgehead atoms. The lowest BCUT2D eigenvalue weighted by Crippen LogP contribution is -2.43. The lowest BCUT2D eigenvalue weighted by Gasteiger charge is -2.25. The molecule has 4 aromatic rings. The number of nitrogens with one attached hydrogen (secondary N) is 1. The molecule has 0 unspecified atom stereocenters. The van der Waals surface area contributed by atoms with Gasteiger partial charge in [-0.2, -0.15) is 4.98 Å². The van der Waals surface area contributed by atoms with Gasteiger partial charge in [0, 0.05) is 6.20 Å². The van der Waals surface area contributed by atoms with Crippen LogP contribution in [0.3, 0.4) is 0 Å². The number of hydrogen-bond acceptors (Lipinski definition) is 8. The zero-order chi connectivity index (χ0) is 19.8. The second-order valence-corrected chi connectivity index (χ2v) is 6.46. The highest BCUT2D eigenvalue weighted by atomic mass is 16.6. The predicted molar refractivity (Wildman–Crippen MR) is 99.2 cm³/mol. The van der Waals surface area contributed by atoms with Crippen molar-refractivity contribution in [1.29, 1.82) is 0 Å². The highest BCUT2D eigenvalue weighted by Gasteiger charge is 2.27. The van der Waals surface area contributed by atoms with Gasteiger partial charge in [0.15, 0.2) is 28.8 Å². The Morgan fingerprint density at radius 1 is 1.21 bits per heavy atom. The summed E-state index contributed by atoms with van der Waals surface area (Å²) < 4.78 is 18.3. The van der Waals surface area contributed by atoms with Crippen LogP contribution in [0.15, 0.2) is 47.1 Å². The third-order valence-electron chi connectivity index (χ3n) is 4.49. The standard InChI is InChI=1S/C19H16N6O4/c1-11-21-19(29-24-11)12-5-4-8-25-16(22-23-17(12)25)9-20-18(26)15-10-27-13-6-2-3-7-14(13)28-15/h2-8,15H,9-10H2,1H3,(H,20,26)/t15-/m0/s1. The summed E-state index contributed by atoms with van der Waals surface area (Å²) in [6.07, 6.45) is 1.07. The lowest BCUT2D eigenvalue weighted by molar-refractivity contribution is -0.130. The molecule has 0 radical (unpaired) electrons. The summed E-state index contributed by atoms with van der Waals surface area (Å²) >= 11 is 0. The molecule has 5 rings (SSSR count). The average Bonchev–Trinajstić information content (AvgIpc) is 3.37. The molecule has 146 valence electrons. The van der Waals surface area contributed by atoms with Crippen LogP contribution in [0.4, 0.5) is 0 Å². The summed E-state index contributed by atoms with van der Waals surface area (Å²) in [5.74, 6) is 2.34. The highest BCUT2D eigenvalue weighted by molar-refractivity contribution is 5.81. The molecule has 1 aliphatic rings. The fraction of sp³-hybridized carbons (Fsp3) is 0.211. The Morgan fingerprint density at radius 3 is 2.90 bits per heavy atom. The van der Waals surface area contributed by atoms with E-state index in [0.29, 0.717) is 40.2 Å². The number of amides is 1. The summed E-state index contributed by atoms with van der Waals surface area (Å²) in [4.78, 5) is 16.8. The van der Waals surface area contributed by atoms with E-state index in [1.165, 1.54) is 0 Å². The van der Waals surface area contributed by atoms with E-state index in [2.05, 4.69) is 25.7 Å². The van der Waals surface area contributed by atoms with Crippen molar-refractivity contribution >= 4 is 11.6 Å².